The minimum absolute atomic E-state index is 0.0241. The number of likely N-dealkylation sites (N-methyl/N-ethyl adjacent to an activating group) is 1. The molecule has 0 radical (unpaired) electrons. The Kier molecular flexibility index (Phi) is 5.57. The molecule has 0 aliphatic heterocycles. The molecule has 0 fully saturated rings. The normalized spacial score (nSPS) is 11.0. The molecule has 1 amide bonds. The lowest BCUT2D eigenvalue weighted by Crippen LogP contribution is -2.34. The lowest BCUT2D eigenvalue weighted by Gasteiger charge is -2.17. The van der Waals surface area contributed by atoms with Crippen molar-refractivity contribution >= 4 is 17.4 Å². The van der Waals surface area contributed by atoms with Gasteiger partial charge in [0.25, 0.3) is 0 Å². The Balaban J connectivity index is 1.98. The highest BCUT2D eigenvalue weighted by Gasteiger charge is 2.10. The topological polar surface area (TPSA) is 80.9 Å². The molecular formula is C17H19N5O. The molecule has 0 aliphatic carbocycles. The Labute approximate surface area is 135 Å². The first kappa shape index (κ1) is 16.4. The van der Waals surface area contributed by atoms with E-state index in [9.17, 15) is 4.79 Å². The van der Waals surface area contributed by atoms with Crippen LogP contribution in [0.3, 0.4) is 0 Å². The van der Waals surface area contributed by atoms with E-state index in [2.05, 4.69) is 15.6 Å². The van der Waals surface area contributed by atoms with Gasteiger partial charge in [-0.3, -0.25) is 10.2 Å². The number of amidine groups is 1. The maximum absolute atomic E-state index is 12.2. The zero-order chi connectivity index (χ0) is 16.7. The Morgan fingerprint density at radius 3 is 2.57 bits per heavy atom. The summed E-state index contributed by atoms with van der Waals surface area (Å²) in [6.45, 7) is 2.00. The molecule has 0 aromatic heterocycles. The maximum atomic E-state index is 12.2. The molecule has 0 unspecified atom stereocenters. The monoisotopic (exact) mass is 309 g/mol. The van der Waals surface area contributed by atoms with Crippen LogP contribution in [0.25, 0.3) is 0 Å². The number of hydrogen-bond donors (Lipinski definition) is 2. The van der Waals surface area contributed by atoms with Gasteiger partial charge in [-0.2, -0.15) is 5.10 Å². The number of nitrogens with one attached hydrogen (secondary N) is 2. The Hall–Kier alpha value is -3.02. The molecular weight excluding hydrogens is 290 g/mol. The fourth-order valence-corrected chi connectivity index (χ4v) is 2.02. The van der Waals surface area contributed by atoms with E-state index in [0.29, 0.717) is 0 Å². The van der Waals surface area contributed by atoms with Crippen molar-refractivity contribution in [1.82, 2.24) is 5.43 Å². The predicted molar refractivity (Wildman–Crippen MR) is 90.7 cm³/mol. The molecule has 0 aliphatic rings. The molecule has 0 heterocycles. The minimum Gasteiger partial charge on any atom is -0.314 e. The van der Waals surface area contributed by atoms with Crippen LogP contribution in [-0.2, 0) is 4.79 Å². The molecule has 6 heteroatoms. The average Bonchev–Trinajstić information content (AvgIpc) is 2.58. The summed E-state index contributed by atoms with van der Waals surface area (Å²) < 4.78 is 0. The van der Waals surface area contributed by atoms with Gasteiger partial charge in [0.1, 0.15) is 6.54 Å². The molecule has 0 atom stereocenters. The molecule has 2 N–H and O–H groups in total. The van der Waals surface area contributed by atoms with Gasteiger partial charge in [-0.25, -0.2) is 5.53 Å². The van der Waals surface area contributed by atoms with Crippen LogP contribution >= 0.6 is 0 Å². The first-order valence-corrected chi connectivity index (χ1v) is 7.18. The van der Waals surface area contributed by atoms with Gasteiger partial charge in [0.2, 0.25) is 5.91 Å². The lowest BCUT2D eigenvalue weighted by atomic mass is 10.2. The van der Waals surface area contributed by atoms with E-state index in [4.69, 9.17) is 5.53 Å². The van der Waals surface area contributed by atoms with Crippen molar-refractivity contribution in [2.75, 3.05) is 18.5 Å². The number of aryl methyl sites for hydroxylation is 1. The number of rotatable bonds is 5. The average molecular weight is 309 g/mol. The number of nitrogens with zero attached hydrogens (tertiary/aromatic N) is 3. The first-order chi connectivity index (χ1) is 11.1. The largest absolute Gasteiger partial charge is 0.314 e. The van der Waals surface area contributed by atoms with Gasteiger partial charge in [0, 0.05) is 18.3 Å². The van der Waals surface area contributed by atoms with Crippen molar-refractivity contribution in [3.63, 3.8) is 0 Å². The van der Waals surface area contributed by atoms with Crippen LogP contribution in [0.2, 0.25) is 0 Å². The number of hydrazone groups is 1. The smallest absolute Gasteiger partial charge is 0.247 e. The predicted octanol–water partition coefficient (Wildman–Crippen LogP) is 2.94. The summed E-state index contributed by atoms with van der Waals surface area (Å²) in [5.74, 6) is 0.105. The minimum atomic E-state index is -0.128. The van der Waals surface area contributed by atoms with Crippen LogP contribution < -0.4 is 10.3 Å². The molecule has 0 saturated carbocycles. The molecule has 0 spiro atoms. The number of amides is 1. The van der Waals surface area contributed by atoms with Crippen LogP contribution in [-0.4, -0.2) is 25.3 Å². The Morgan fingerprint density at radius 1 is 1.17 bits per heavy atom. The summed E-state index contributed by atoms with van der Waals surface area (Å²) in [6, 6.07) is 16.9. The summed E-state index contributed by atoms with van der Waals surface area (Å²) in [5, 5.41) is 7.39. The van der Waals surface area contributed by atoms with Crippen molar-refractivity contribution in [2.45, 2.75) is 6.92 Å². The number of carbonyl (C=O) groups excluding carboxylic acids is 1. The lowest BCUT2D eigenvalue weighted by molar-refractivity contribution is -0.117. The van der Waals surface area contributed by atoms with E-state index in [-0.39, 0.29) is 18.3 Å². The van der Waals surface area contributed by atoms with E-state index < -0.39 is 0 Å². The van der Waals surface area contributed by atoms with E-state index in [1.165, 1.54) is 0 Å². The maximum Gasteiger partial charge on any atom is 0.247 e. The molecule has 0 saturated heterocycles. The molecule has 2 rings (SSSR count). The van der Waals surface area contributed by atoms with Gasteiger partial charge in [0.15, 0.2) is 5.84 Å². The first-order valence-electron chi connectivity index (χ1n) is 7.18. The van der Waals surface area contributed by atoms with Gasteiger partial charge in [-0.15, -0.1) is 5.11 Å². The Morgan fingerprint density at radius 2 is 1.91 bits per heavy atom. The highest BCUT2D eigenvalue weighted by Crippen LogP contribution is 2.14. The molecule has 2 aromatic rings. The van der Waals surface area contributed by atoms with Gasteiger partial charge in [-0.05, 0) is 24.6 Å². The zero-order valence-electron chi connectivity index (χ0n) is 13.2. The van der Waals surface area contributed by atoms with Crippen molar-refractivity contribution < 1.29 is 4.79 Å². The van der Waals surface area contributed by atoms with E-state index in [1.54, 1.807) is 24.1 Å². The number of anilines is 1. The van der Waals surface area contributed by atoms with Crippen molar-refractivity contribution in [1.29, 1.82) is 5.53 Å². The van der Waals surface area contributed by atoms with Crippen molar-refractivity contribution in [3.8, 4) is 0 Å². The van der Waals surface area contributed by atoms with E-state index in [0.717, 1.165) is 16.8 Å². The third-order valence-electron chi connectivity index (χ3n) is 3.32. The summed E-state index contributed by atoms with van der Waals surface area (Å²) in [5.41, 5.74) is 12.5. The zero-order valence-corrected chi connectivity index (χ0v) is 13.2. The second kappa shape index (κ2) is 7.84. The van der Waals surface area contributed by atoms with Crippen LogP contribution in [0.4, 0.5) is 5.69 Å². The Bertz CT molecular complexity index is 712. The third-order valence-corrected chi connectivity index (χ3v) is 3.32. The summed E-state index contributed by atoms with van der Waals surface area (Å²) in [7, 11) is 1.72. The molecule has 0 bridgehead atoms. The van der Waals surface area contributed by atoms with Crippen molar-refractivity contribution in [2.24, 2.45) is 10.2 Å². The standard InChI is InChI=1S/C17H19N5O/c1-13-7-6-10-15(11-13)22(2)16(23)12-19-21-17(20-18)14-8-4-3-5-9-14/h3-11,18-19H,12H2,1-2H3/b20-18?,21-17-. The number of benzene rings is 2. The van der Waals surface area contributed by atoms with Crippen molar-refractivity contribution in [3.05, 3.63) is 65.7 Å². The summed E-state index contributed by atoms with van der Waals surface area (Å²) >= 11 is 0. The molecule has 23 heavy (non-hydrogen) atoms. The van der Waals surface area contributed by atoms with Gasteiger partial charge in [-0.1, -0.05) is 42.5 Å². The quantitative estimate of drug-likeness (QED) is 0.385. The van der Waals surface area contributed by atoms with Gasteiger partial charge < -0.3 is 4.90 Å². The van der Waals surface area contributed by atoms with Crippen LogP contribution in [0.15, 0.2) is 64.8 Å². The molecule has 6 nitrogen and oxygen atoms in total. The fraction of sp³-hybridized carbons (Fsp3) is 0.176. The molecule has 2 aromatic carbocycles. The van der Waals surface area contributed by atoms with Crippen LogP contribution in [0.5, 0.6) is 0 Å². The second-order valence-electron chi connectivity index (χ2n) is 5.04. The number of carbonyl (C=O) groups is 1. The fourth-order valence-electron chi connectivity index (χ4n) is 2.02. The second-order valence-corrected chi connectivity index (χ2v) is 5.04. The van der Waals surface area contributed by atoms with E-state index in [1.807, 2.05) is 49.4 Å². The summed E-state index contributed by atoms with van der Waals surface area (Å²) in [6.07, 6.45) is 0. The SMILES string of the molecule is Cc1cccc(N(C)C(=O)CN/N=C(\N=N)c2ccccc2)c1. The van der Waals surface area contributed by atoms with Crippen LogP contribution in [0.1, 0.15) is 11.1 Å². The number of hydrogen-bond acceptors (Lipinski definition) is 4. The van der Waals surface area contributed by atoms with Gasteiger partial charge in [0.05, 0.1) is 0 Å². The highest BCUT2D eigenvalue weighted by molar-refractivity contribution is 5.99. The highest BCUT2D eigenvalue weighted by atomic mass is 16.2. The van der Waals surface area contributed by atoms with Crippen LogP contribution in [0, 0.1) is 12.5 Å². The third kappa shape index (κ3) is 4.47. The summed E-state index contributed by atoms with van der Waals surface area (Å²) in [4.78, 5) is 13.7. The molecule has 118 valence electrons. The van der Waals surface area contributed by atoms with Gasteiger partial charge >= 0.3 is 0 Å². The van der Waals surface area contributed by atoms with E-state index >= 15 is 0 Å².